The zero-order valence-electron chi connectivity index (χ0n) is 12.8. The highest BCUT2D eigenvalue weighted by atomic mass is 79.9. The summed E-state index contributed by atoms with van der Waals surface area (Å²) in [6.07, 6.45) is 2.08. The summed E-state index contributed by atoms with van der Waals surface area (Å²) in [5.74, 6) is -0.00479. The monoisotopic (exact) mass is 404 g/mol. The largest absolute Gasteiger partial charge is 0.330 e. The molecule has 1 amide bonds. The molecule has 24 heavy (non-hydrogen) atoms. The van der Waals surface area contributed by atoms with Crippen molar-refractivity contribution in [2.45, 2.75) is 12.3 Å². The number of rotatable bonds is 6. The number of hydrogen-bond acceptors (Lipinski definition) is 4. The number of nitrogens with zero attached hydrogens (tertiary/aromatic N) is 1. The number of hydrogen-bond donors (Lipinski definition) is 3. The molecule has 0 aliphatic carbocycles. The average molecular weight is 405 g/mol. The molecule has 0 aliphatic rings. The number of thiophene rings is 1. The molecule has 1 atom stereocenters. The summed E-state index contributed by atoms with van der Waals surface area (Å²) in [5.41, 5.74) is 8.57. The zero-order chi connectivity index (χ0) is 16.9. The lowest BCUT2D eigenvalue weighted by molar-refractivity contribution is -0.116. The third kappa shape index (κ3) is 4.11. The molecule has 1 unspecified atom stereocenters. The number of amides is 1. The topological polar surface area (TPSA) is 83.8 Å². The minimum Gasteiger partial charge on any atom is -0.330 e. The Morgan fingerprint density at radius 2 is 2.04 bits per heavy atom. The first-order valence-corrected chi connectivity index (χ1v) is 9.11. The van der Waals surface area contributed by atoms with Crippen LogP contribution >= 0.6 is 27.3 Å². The first-order chi connectivity index (χ1) is 11.7. The van der Waals surface area contributed by atoms with E-state index in [4.69, 9.17) is 5.73 Å². The minimum absolute atomic E-state index is 0.0329. The van der Waals surface area contributed by atoms with E-state index in [1.54, 1.807) is 17.5 Å². The molecule has 0 bridgehead atoms. The number of aromatic nitrogens is 2. The van der Waals surface area contributed by atoms with E-state index in [9.17, 15) is 4.79 Å². The van der Waals surface area contributed by atoms with Crippen LogP contribution in [0.5, 0.6) is 0 Å². The van der Waals surface area contributed by atoms with E-state index < -0.39 is 0 Å². The van der Waals surface area contributed by atoms with Crippen molar-refractivity contribution < 1.29 is 4.79 Å². The molecule has 3 rings (SSSR count). The lowest BCUT2D eigenvalue weighted by Gasteiger charge is -2.13. The number of carbonyl (C=O) groups excluding carboxylic acids is 1. The summed E-state index contributed by atoms with van der Waals surface area (Å²) in [6.45, 7) is 0.444. The van der Waals surface area contributed by atoms with Crippen molar-refractivity contribution in [3.05, 3.63) is 57.3 Å². The van der Waals surface area contributed by atoms with Gasteiger partial charge in [-0.1, -0.05) is 12.1 Å². The predicted molar refractivity (Wildman–Crippen MR) is 101 cm³/mol. The van der Waals surface area contributed by atoms with Gasteiger partial charge in [0.2, 0.25) is 5.91 Å². The number of nitrogens with one attached hydrogen (secondary N) is 2. The quantitative estimate of drug-likeness (QED) is 0.580. The fourth-order valence-corrected chi connectivity index (χ4v) is 3.97. The number of nitrogens with two attached hydrogens (primary N) is 1. The van der Waals surface area contributed by atoms with Crippen molar-refractivity contribution in [2.75, 3.05) is 11.9 Å². The highest BCUT2D eigenvalue weighted by Crippen LogP contribution is 2.30. The number of halogens is 1. The molecule has 7 heteroatoms. The summed E-state index contributed by atoms with van der Waals surface area (Å²) in [6, 6.07) is 13.5. The van der Waals surface area contributed by atoms with Crippen molar-refractivity contribution in [1.82, 2.24) is 10.2 Å². The molecule has 3 aromatic rings. The summed E-state index contributed by atoms with van der Waals surface area (Å²) in [4.78, 5) is 13.4. The lowest BCUT2D eigenvalue weighted by atomic mass is 10.0. The standard InChI is InChI=1S/C17H17BrN4OS/c18-16-6-5-15(24-16)12(10-19)9-17(23)21-13-3-1-11(2-4-13)14-7-8-20-22-14/h1-8,12H,9-10,19H2,(H,20,22)(H,21,23). The van der Waals surface area contributed by atoms with Crippen LogP contribution in [0.15, 0.2) is 52.4 Å². The Labute approximate surface area is 152 Å². The molecule has 2 aromatic heterocycles. The first kappa shape index (κ1) is 16.9. The smallest absolute Gasteiger partial charge is 0.225 e. The Bertz CT molecular complexity index is 798. The Morgan fingerprint density at radius 3 is 2.62 bits per heavy atom. The average Bonchev–Trinajstić information content (AvgIpc) is 3.25. The summed E-state index contributed by atoms with van der Waals surface area (Å²) in [7, 11) is 0. The normalized spacial score (nSPS) is 12.1. The fourth-order valence-electron chi connectivity index (χ4n) is 2.43. The van der Waals surface area contributed by atoms with E-state index in [1.807, 2.05) is 42.5 Å². The zero-order valence-corrected chi connectivity index (χ0v) is 15.2. The second-order valence-electron chi connectivity index (χ2n) is 5.37. The van der Waals surface area contributed by atoms with Gasteiger partial charge in [0.25, 0.3) is 0 Å². The van der Waals surface area contributed by atoms with Crippen molar-refractivity contribution >= 4 is 38.9 Å². The van der Waals surface area contributed by atoms with Gasteiger partial charge in [-0.25, -0.2) is 0 Å². The summed E-state index contributed by atoms with van der Waals surface area (Å²) >= 11 is 5.06. The maximum absolute atomic E-state index is 12.3. The van der Waals surface area contributed by atoms with Gasteiger partial charge >= 0.3 is 0 Å². The number of carbonyl (C=O) groups is 1. The van der Waals surface area contributed by atoms with Crippen LogP contribution in [-0.2, 0) is 4.79 Å². The highest BCUT2D eigenvalue weighted by molar-refractivity contribution is 9.11. The van der Waals surface area contributed by atoms with E-state index in [-0.39, 0.29) is 11.8 Å². The fraction of sp³-hybridized carbons (Fsp3) is 0.176. The molecule has 5 nitrogen and oxygen atoms in total. The Kier molecular flexibility index (Phi) is 5.44. The molecule has 0 saturated carbocycles. The van der Waals surface area contributed by atoms with E-state index in [0.717, 1.165) is 25.6 Å². The van der Waals surface area contributed by atoms with Gasteiger partial charge in [0.1, 0.15) is 0 Å². The lowest BCUT2D eigenvalue weighted by Crippen LogP contribution is -2.20. The van der Waals surface area contributed by atoms with E-state index in [0.29, 0.717) is 13.0 Å². The van der Waals surface area contributed by atoms with Crippen LogP contribution in [0.1, 0.15) is 17.2 Å². The number of H-pyrrole nitrogens is 1. The SMILES string of the molecule is NCC(CC(=O)Nc1ccc(-c2ccn[nH]2)cc1)c1ccc(Br)s1. The maximum atomic E-state index is 12.3. The second-order valence-corrected chi connectivity index (χ2v) is 7.87. The van der Waals surface area contributed by atoms with Gasteiger partial charge in [0, 0.05) is 35.6 Å². The van der Waals surface area contributed by atoms with Crippen LogP contribution < -0.4 is 11.1 Å². The Morgan fingerprint density at radius 1 is 1.25 bits per heavy atom. The van der Waals surface area contributed by atoms with Crippen LogP contribution in [0, 0.1) is 0 Å². The first-order valence-electron chi connectivity index (χ1n) is 7.50. The predicted octanol–water partition coefficient (Wildman–Crippen LogP) is 3.97. The summed E-state index contributed by atoms with van der Waals surface area (Å²) < 4.78 is 1.05. The number of aromatic amines is 1. The van der Waals surface area contributed by atoms with Crippen molar-refractivity contribution in [2.24, 2.45) is 5.73 Å². The number of benzene rings is 1. The molecule has 0 aliphatic heterocycles. The maximum Gasteiger partial charge on any atom is 0.225 e. The van der Waals surface area contributed by atoms with Crippen molar-refractivity contribution in [3.63, 3.8) is 0 Å². The molecule has 2 heterocycles. The van der Waals surface area contributed by atoms with Crippen LogP contribution in [0.25, 0.3) is 11.3 Å². The van der Waals surface area contributed by atoms with Crippen LogP contribution in [-0.4, -0.2) is 22.6 Å². The third-order valence-electron chi connectivity index (χ3n) is 3.69. The van der Waals surface area contributed by atoms with Gasteiger partial charge in [0.05, 0.1) is 9.48 Å². The molecular weight excluding hydrogens is 388 g/mol. The number of anilines is 1. The minimum atomic E-state index is -0.0377. The third-order valence-corrected chi connectivity index (χ3v) is 5.48. The van der Waals surface area contributed by atoms with Gasteiger partial charge in [-0.15, -0.1) is 11.3 Å². The molecular formula is C17H17BrN4OS. The van der Waals surface area contributed by atoms with Crippen molar-refractivity contribution in [1.29, 1.82) is 0 Å². The van der Waals surface area contributed by atoms with Crippen LogP contribution in [0.4, 0.5) is 5.69 Å². The second kappa shape index (κ2) is 7.74. The Balaban J connectivity index is 1.62. The van der Waals surface area contributed by atoms with Gasteiger partial charge in [-0.3, -0.25) is 9.89 Å². The molecule has 1 aromatic carbocycles. The van der Waals surface area contributed by atoms with Crippen molar-refractivity contribution in [3.8, 4) is 11.3 Å². The van der Waals surface area contributed by atoms with E-state index in [1.165, 1.54) is 0 Å². The Hall–Kier alpha value is -1.96. The van der Waals surface area contributed by atoms with E-state index in [2.05, 4.69) is 31.4 Å². The molecule has 0 spiro atoms. The van der Waals surface area contributed by atoms with Gasteiger partial charge < -0.3 is 11.1 Å². The highest BCUT2D eigenvalue weighted by Gasteiger charge is 2.16. The van der Waals surface area contributed by atoms with E-state index >= 15 is 0 Å². The molecule has 0 radical (unpaired) electrons. The van der Waals surface area contributed by atoms with Gasteiger partial charge in [0.15, 0.2) is 0 Å². The molecule has 4 N–H and O–H groups in total. The van der Waals surface area contributed by atoms with Gasteiger partial charge in [-0.2, -0.15) is 5.10 Å². The summed E-state index contributed by atoms with van der Waals surface area (Å²) in [5, 5.41) is 9.77. The van der Waals surface area contributed by atoms with Crippen LogP contribution in [0.2, 0.25) is 0 Å². The molecule has 0 saturated heterocycles. The van der Waals surface area contributed by atoms with Gasteiger partial charge in [-0.05, 0) is 51.8 Å². The molecule has 0 fully saturated rings. The molecule has 124 valence electrons. The van der Waals surface area contributed by atoms with Crippen LogP contribution in [0.3, 0.4) is 0 Å².